The topological polar surface area (TPSA) is 75.3 Å². The van der Waals surface area contributed by atoms with Crippen LogP contribution in [0.1, 0.15) is 37.7 Å². The molecule has 0 amide bonds. The molecule has 0 aliphatic heterocycles. The standard InChI is InChI=1S/C14H20ClN5O/c1-10-11(15)19-13-17-9-18-20(13)12(10)16-7-14(8-21)5-3-2-4-6-14/h9,16,21H,2-8H2,1H3. The number of anilines is 1. The molecule has 2 aromatic heterocycles. The van der Waals surface area contributed by atoms with Crippen molar-refractivity contribution in [1.82, 2.24) is 19.6 Å². The molecular weight excluding hydrogens is 290 g/mol. The van der Waals surface area contributed by atoms with E-state index >= 15 is 0 Å². The van der Waals surface area contributed by atoms with Crippen LogP contribution in [0.15, 0.2) is 6.33 Å². The molecule has 0 atom stereocenters. The summed E-state index contributed by atoms with van der Waals surface area (Å²) in [5.41, 5.74) is 0.798. The van der Waals surface area contributed by atoms with Crippen molar-refractivity contribution in [3.8, 4) is 0 Å². The molecule has 1 aliphatic carbocycles. The molecule has 1 fully saturated rings. The maximum Gasteiger partial charge on any atom is 0.255 e. The number of rotatable bonds is 4. The monoisotopic (exact) mass is 309 g/mol. The quantitative estimate of drug-likeness (QED) is 0.848. The van der Waals surface area contributed by atoms with Crippen LogP contribution in [0, 0.1) is 12.3 Å². The van der Waals surface area contributed by atoms with Crippen LogP contribution >= 0.6 is 11.6 Å². The van der Waals surface area contributed by atoms with Crippen molar-refractivity contribution >= 4 is 23.2 Å². The number of aliphatic hydroxyl groups is 1. The molecule has 2 N–H and O–H groups in total. The van der Waals surface area contributed by atoms with Gasteiger partial charge in [-0.05, 0) is 19.8 Å². The highest BCUT2D eigenvalue weighted by molar-refractivity contribution is 6.30. The zero-order chi connectivity index (χ0) is 14.9. The van der Waals surface area contributed by atoms with Gasteiger partial charge in [-0.1, -0.05) is 30.9 Å². The molecule has 7 heteroatoms. The normalized spacial score (nSPS) is 18.0. The van der Waals surface area contributed by atoms with Crippen LogP contribution in [0.3, 0.4) is 0 Å². The van der Waals surface area contributed by atoms with Crippen molar-refractivity contribution in [2.75, 3.05) is 18.5 Å². The maximum atomic E-state index is 9.80. The summed E-state index contributed by atoms with van der Waals surface area (Å²) < 4.78 is 1.66. The van der Waals surface area contributed by atoms with E-state index in [1.54, 1.807) is 4.52 Å². The Kier molecular flexibility index (Phi) is 3.99. The Hall–Kier alpha value is -1.40. The van der Waals surface area contributed by atoms with Crippen molar-refractivity contribution in [3.63, 3.8) is 0 Å². The lowest BCUT2D eigenvalue weighted by molar-refractivity contribution is 0.0942. The van der Waals surface area contributed by atoms with E-state index in [1.165, 1.54) is 25.6 Å². The Morgan fingerprint density at radius 1 is 1.38 bits per heavy atom. The summed E-state index contributed by atoms with van der Waals surface area (Å²) in [5, 5.41) is 17.8. The molecule has 114 valence electrons. The van der Waals surface area contributed by atoms with Gasteiger partial charge < -0.3 is 10.4 Å². The average molecular weight is 310 g/mol. The highest BCUT2D eigenvalue weighted by Gasteiger charge is 2.31. The lowest BCUT2D eigenvalue weighted by Crippen LogP contribution is -2.36. The van der Waals surface area contributed by atoms with Crippen LogP contribution in [-0.4, -0.2) is 37.8 Å². The number of aromatic nitrogens is 4. The molecule has 6 nitrogen and oxygen atoms in total. The molecule has 0 unspecified atom stereocenters. The SMILES string of the molecule is Cc1c(Cl)nc2ncnn2c1NCC1(CO)CCCCC1. The van der Waals surface area contributed by atoms with Crippen molar-refractivity contribution in [2.45, 2.75) is 39.0 Å². The maximum absolute atomic E-state index is 9.80. The molecule has 3 rings (SSSR count). The molecule has 0 aromatic carbocycles. The number of hydrogen-bond donors (Lipinski definition) is 2. The second-order valence-electron chi connectivity index (χ2n) is 5.92. The molecule has 2 heterocycles. The van der Waals surface area contributed by atoms with Crippen LogP contribution in [0.25, 0.3) is 5.78 Å². The Morgan fingerprint density at radius 3 is 2.86 bits per heavy atom. The van der Waals surface area contributed by atoms with Crippen molar-refractivity contribution < 1.29 is 5.11 Å². The third-order valence-electron chi connectivity index (χ3n) is 4.48. The fourth-order valence-electron chi connectivity index (χ4n) is 3.07. The smallest absolute Gasteiger partial charge is 0.255 e. The Bertz CT molecular complexity index is 636. The fraction of sp³-hybridized carbons (Fsp3) is 0.643. The number of aliphatic hydroxyl groups excluding tert-OH is 1. The van der Waals surface area contributed by atoms with Gasteiger partial charge >= 0.3 is 0 Å². The van der Waals surface area contributed by atoms with Gasteiger partial charge in [-0.25, -0.2) is 0 Å². The van der Waals surface area contributed by atoms with E-state index in [0.29, 0.717) is 17.5 Å². The van der Waals surface area contributed by atoms with E-state index in [0.717, 1.165) is 24.2 Å². The summed E-state index contributed by atoms with van der Waals surface area (Å²) in [6.45, 7) is 2.82. The predicted octanol–water partition coefficient (Wildman–Crippen LogP) is 2.44. The van der Waals surface area contributed by atoms with Gasteiger partial charge in [-0.3, -0.25) is 0 Å². The molecule has 2 aromatic rings. The number of nitrogens with zero attached hydrogens (tertiary/aromatic N) is 4. The van der Waals surface area contributed by atoms with Gasteiger partial charge in [-0.2, -0.15) is 19.6 Å². The molecular formula is C14H20ClN5O. The number of hydrogen-bond acceptors (Lipinski definition) is 5. The average Bonchev–Trinajstić information content (AvgIpc) is 2.96. The van der Waals surface area contributed by atoms with Crippen LogP contribution in [0.5, 0.6) is 0 Å². The zero-order valence-corrected chi connectivity index (χ0v) is 12.9. The first-order chi connectivity index (χ1) is 10.2. The van der Waals surface area contributed by atoms with E-state index in [9.17, 15) is 5.11 Å². The number of halogens is 1. The second kappa shape index (κ2) is 5.77. The Labute approximate surface area is 128 Å². The van der Waals surface area contributed by atoms with Gasteiger partial charge in [0.1, 0.15) is 17.3 Å². The van der Waals surface area contributed by atoms with Crippen molar-refractivity contribution in [1.29, 1.82) is 0 Å². The van der Waals surface area contributed by atoms with Gasteiger partial charge in [0.25, 0.3) is 5.78 Å². The summed E-state index contributed by atoms with van der Waals surface area (Å²) in [6.07, 6.45) is 7.18. The third-order valence-corrected chi connectivity index (χ3v) is 4.85. The molecule has 1 saturated carbocycles. The first-order valence-electron chi connectivity index (χ1n) is 7.36. The minimum absolute atomic E-state index is 0.0483. The van der Waals surface area contributed by atoms with Gasteiger partial charge in [-0.15, -0.1) is 0 Å². The predicted molar refractivity (Wildman–Crippen MR) is 81.6 cm³/mol. The van der Waals surface area contributed by atoms with Crippen LogP contribution in [0.4, 0.5) is 5.82 Å². The van der Waals surface area contributed by atoms with Gasteiger partial charge in [0.15, 0.2) is 0 Å². The molecule has 0 radical (unpaired) electrons. The minimum atomic E-state index is -0.0483. The zero-order valence-electron chi connectivity index (χ0n) is 12.1. The second-order valence-corrected chi connectivity index (χ2v) is 6.28. The van der Waals surface area contributed by atoms with E-state index in [1.807, 2.05) is 6.92 Å². The van der Waals surface area contributed by atoms with Crippen LogP contribution in [-0.2, 0) is 0 Å². The first kappa shape index (κ1) is 14.5. The first-order valence-corrected chi connectivity index (χ1v) is 7.74. The molecule has 0 spiro atoms. The Morgan fingerprint density at radius 2 is 2.14 bits per heavy atom. The fourth-order valence-corrected chi connectivity index (χ4v) is 3.23. The lowest BCUT2D eigenvalue weighted by Gasteiger charge is -2.36. The summed E-state index contributed by atoms with van der Waals surface area (Å²) in [5.74, 6) is 1.29. The van der Waals surface area contributed by atoms with Gasteiger partial charge in [0, 0.05) is 17.5 Å². The summed E-state index contributed by atoms with van der Waals surface area (Å²) >= 11 is 6.16. The molecule has 0 bridgehead atoms. The summed E-state index contributed by atoms with van der Waals surface area (Å²) in [4.78, 5) is 8.27. The highest BCUT2D eigenvalue weighted by Crippen LogP contribution is 2.36. The summed E-state index contributed by atoms with van der Waals surface area (Å²) in [7, 11) is 0. The van der Waals surface area contributed by atoms with E-state index in [2.05, 4.69) is 20.4 Å². The lowest BCUT2D eigenvalue weighted by atomic mass is 9.74. The van der Waals surface area contributed by atoms with Gasteiger partial charge in [0.2, 0.25) is 0 Å². The highest BCUT2D eigenvalue weighted by atomic mass is 35.5. The molecule has 21 heavy (non-hydrogen) atoms. The van der Waals surface area contributed by atoms with E-state index in [-0.39, 0.29) is 12.0 Å². The van der Waals surface area contributed by atoms with Crippen molar-refractivity contribution in [2.24, 2.45) is 5.41 Å². The molecule has 1 aliphatic rings. The summed E-state index contributed by atoms with van der Waals surface area (Å²) in [6, 6.07) is 0. The van der Waals surface area contributed by atoms with E-state index < -0.39 is 0 Å². The third kappa shape index (κ3) is 2.70. The number of fused-ring (bicyclic) bond motifs is 1. The van der Waals surface area contributed by atoms with E-state index in [4.69, 9.17) is 11.6 Å². The largest absolute Gasteiger partial charge is 0.396 e. The van der Waals surface area contributed by atoms with Crippen LogP contribution < -0.4 is 5.32 Å². The van der Waals surface area contributed by atoms with Crippen LogP contribution in [0.2, 0.25) is 5.15 Å². The minimum Gasteiger partial charge on any atom is -0.396 e. The van der Waals surface area contributed by atoms with Crippen molar-refractivity contribution in [3.05, 3.63) is 17.0 Å². The Balaban J connectivity index is 1.87. The van der Waals surface area contributed by atoms with Gasteiger partial charge in [0.05, 0.1) is 6.61 Å². The number of nitrogens with one attached hydrogen (secondary N) is 1. The molecule has 0 saturated heterocycles.